The zero-order chi connectivity index (χ0) is 17.6. The van der Waals surface area contributed by atoms with Crippen LogP contribution in [-0.4, -0.2) is 28.2 Å². The number of rotatable bonds is 5. The Kier molecular flexibility index (Phi) is 5.20. The van der Waals surface area contributed by atoms with Gasteiger partial charge in [0.25, 0.3) is 0 Å². The van der Waals surface area contributed by atoms with Crippen molar-refractivity contribution in [2.75, 3.05) is 7.11 Å². The van der Waals surface area contributed by atoms with Crippen molar-refractivity contribution < 1.29 is 4.74 Å². The maximum Gasteiger partial charge on any atom is 0.216 e. The minimum atomic E-state index is 0.442. The van der Waals surface area contributed by atoms with Crippen molar-refractivity contribution in [3.8, 4) is 17.1 Å². The van der Waals surface area contributed by atoms with Crippen LogP contribution in [0.1, 0.15) is 11.1 Å². The first-order valence-electron chi connectivity index (χ1n) is 7.77. The molecule has 0 spiro atoms. The van der Waals surface area contributed by atoms with E-state index in [0.717, 1.165) is 16.9 Å². The summed E-state index contributed by atoms with van der Waals surface area (Å²) in [6.45, 7) is 2.04. The number of para-hydroxylation sites is 1. The molecule has 0 amide bonds. The Morgan fingerprint density at radius 2 is 1.92 bits per heavy atom. The number of nitrogens with zero attached hydrogens (tertiary/aromatic N) is 3. The molecule has 0 unspecified atom stereocenters. The first-order chi connectivity index (χ1) is 12.2. The van der Waals surface area contributed by atoms with E-state index in [1.165, 1.54) is 5.56 Å². The van der Waals surface area contributed by atoms with Crippen LogP contribution in [0.15, 0.2) is 59.7 Å². The first kappa shape index (κ1) is 16.9. The Morgan fingerprint density at radius 1 is 1.16 bits per heavy atom. The average Bonchev–Trinajstić information content (AvgIpc) is 3.00. The van der Waals surface area contributed by atoms with Crippen LogP contribution in [0.25, 0.3) is 17.5 Å². The van der Waals surface area contributed by atoms with Crippen LogP contribution in [0.5, 0.6) is 5.75 Å². The monoisotopic (exact) mass is 350 g/mol. The van der Waals surface area contributed by atoms with Gasteiger partial charge < -0.3 is 4.74 Å². The second-order valence-electron chi connectivity index (χ2n) is 5.40. The summed E-state index contributed by atoms with van der Waals surface area (Å²) in [5, 5.41) is 11.5. The molecule has 3 aromatic rings. The van der Waals surface area contributed by atoms with Crippen LogP contribution >= 0.6 is 12.2 Å². The van der Waals surface area contributed by atoms with Crippen molar-refractivity contribution in [2.24, 2.45) is 5.10 Å². The molecule has 0 atom stereocenters. The van der Waals surface area contributed by atoms with Crippen molar-refractivity contribution >= 4 is 24.5 Å². The van der Waals surface area contributed by atoms with E-state index in [9.17, 15) is 0 Å². The SMILES string of the molecule is COc1ccccc1/C=C\C=N/n1c(-c2ccc(C)cc2)n[nH]c1=S. The summed E-state index contributed by atoms with van der Waals surface area (Å²) in [6.07, 6.45) is 5.44. The number of aromatic amines is 1. The van der Waals surface area contributed by atoms with Crippen LogP contribution in [-0.2, 0) is 0 Å². The predicted octanol–water partition coefficient (Wildman–Crippen LogP) is 4.47. The van der Waals surface area contributed by atoms with Gasteiger partial charge >= 0.3 is 0 Å². The van der Waals surface area contributed by atoms with Crippen molar-refractivity contribution in [1.82, 2.24) is 14.9 Å². The number of benzene rings is 2. The van der Waals surface area contributed by atoms with Gasteiger partial charge in [-0.1, -0.05) is 48.0 Å². The minimum absolute atomic E-state index is 0.442. The zero-order valence-electron chi connectivity index (χ0n) is 14.0. The lowest BCUT2D eigenvalue weighted by molar-refractivity contribution is 0.414. The van der Waals surface area contributed by atoms with Gasteiger partial charge in [-0.2, -0.15) is 14.9 Å². The Labute approximate surface area is 151 Å². The smallest absolute Gasteiger partial charge is 0.216 e. The highest BCUT2D eigenvalue weighted by atomic mass is 32.1. The molecule has 0 saturated heterocycles. The number of allylic oxidation sites excluding steroid dienone is 1. The summed E-state index contributed by atoms with van der Waals surface area (Å²) in [6, 6.07) is 15.8. The maximum atomic E-state index is 5.32. The summed E-state index contributed by atoms with van der Waals surface area (Å²) in [7, 11) is 1.65. The molecule has 0 aliphatic heterocycles. The van der Waals surface area contributed by atoms with Gasteiger partial charge in [0.15, 0.2) is 5.82 Å². The molecule has 3 rings (SSSR count). The largest absolute Gasteiger partial charge is 0.496 e. The molecular weight excluding hydrogens is 332 g/mol. The van der Waals surface area contributed by atoms with Crippen molar-refractivity contribution in [3.05, 3.63) is 70.5 Å². The molecule has 6 heteroatoms. The van der Waals surface area contributed by atoms with Crippen LogP contribution in [0.3, 0.4) is 0 Å². The molecular formula is C19H18N4OS. The van der Waals surface area contributed by atoms with E-state index in [1.54, 1.807) is 18.0 Å². The maximum absolute atomic E-state index is 5.32. The normalized spacial score (nSPS) is 11.4. The summed E-state index contributed by atoms with van der Waals surface area (Å²) in [5.41, 5.74) is 3.11. The molecule has 1 N–H and O–H groups in total. The van der Waals surface area contributed by atoms with Crippen molar-refractivity contribution in [3.63, 3.8) is 0 Å². The molecule has 126 valence electrons. The van der Waals surface area contributed by atoms with Crippen molar-refractivity contribution in [2.45, 2.75) is 6.92 Å². The molecule has 0 aliphatic rings. The number of ether oxygens (including phenoxy) is 1. The predicted molar refractivity (Wildman–Crippen MR) is 104 cm³/mol. The Bertz CT molecular complexity index is 968. The molecule has 25 heavy (non-hydrogen) atoms. The van der Waals surface area contributed by atoms with Crippen LogP contribution in [0.4, 0.5) is 0 Å². The van der Waals surface area contributed by atoms with E-state index in [1.807, 2.05) is 67.6 Å². The quantitative estimate of drug-likeness (QED) is 0.545. The lowest BCUT2D eigenvalue weighted by Crippen LogP contribution is -1.93. The molecule has 1 aromatic heterocycles. The Hall–Kier alpha value is -2.99. The molecule has 0 radical (unpaired) electrons. The Balaban J connectivity index is 1.85. The topological polar surface area (TPSA) is 55.2 Å². The highest BCUT2D eigenvalue weighted by Crippen LogP contribution is 2.19. The standard InChI is InChI=1S/C19H18N4OS/c1-14-9-11-16(12-10-14)18-21-22-19(25)23(18)20-13-5-7-15-6-3-4-8-17(15)24-2/h3-13H,1-2H3,(H,22,25)/b7-5-,20-13-. The molecule has 2 aromatic carbocycles. The Morgan fingerprint density at radius 3 is 2.68 bits per heavy atom. The number of methoxy groups -OCH3 is 1. The van der Waals surface area contributed by atoms with E-state index in [0.29, 0.717) is 10.6 Å². The fourth-order valence-electron chi connectivity index (χ4n) is 2.34. The second-order valence-corrected chi connectivity index (χ2v) is 5.78. The summed E-state index contributed by atoms with van der Waals surface area (Å²) in [5.74, 6) is 1.49. The van der Waals surface area contributed by atoms with Crippen LogP contribution in [0.2, 0.25) is 0 Å². The van der Waals surface area contributed by atoms with Crippen molar-refractivity contribution in [1.29, 1.82) is 0 Å². The van der Waals surface area contributed by atoms with E-state index < -0.39 is 0 Å². The highest BCUT2D eigenvalue weighted by Gasteiger charge is 2.07. The second kappa shape index (κ2) is 7.72. The highest BCUT2D eigenvalue weighted by molar-refractivity contribution is 7.71. The van der Waals surface area contributed by atoms with Gasteiger partial charge in [-0.3, -0.25) is 0 Å². The van der Waals surface area contributed by atoms with Gasteiger partial charge in [0.2, 0.25) is 4.77 Å². The fourth-order valence-corrected chi connectivity index (χ4v) is 2.52. The number of aryl methyl sites for hydroxylation is 1. The number of hydrogen-bond acceptors (Lipinski definition) is 4. The van der Waals surface area contributed by atoms with Gasteiger partial charge in [0.1, 0.15) is 5.75 Å². The molecule has 1 heterocycles. The third-order valence-corrected chi connectivity index (χ3v) is 3.91. The number of hydrogen-bond donors (Lipinski definition) is 1. The molecule has 5 nitrogen and oxygen atoms in total. The fraction of sp³-hybridized carbons (Fsp3) is 0.105. The number of aromatic nitrogens is 3. The minimum Gasteiger partial charge on any atom is -0.496 e. The first-order valence-corrected chi connectivity index (χ1v) is 8.18. The average molecular weight is 350 g/mol. The third kappa shape index (κ3) is 3.92. The number of nitrogens with one attached hydrogen (secondary N) is 1. The number of H-pyrrole nitrogens is 1. The third-order valence-electron chi connectivity index (χ3n) is 3.64. The van der Waals surface area contributed by atoms with E-state index in [2.05, 4.69) is 15.3 Å². The lowest BCUT2D eigenvalue weighted by Gasteiger charge is -2.02. The van der Waals surface area contributed by atoms with Crippen LogP contribution in [0, 0.1) is 11.7 Å². The molecule has 0 fully saturated rings. The van der Waals surface area contributed by atoms with Gasteiger partial charge in [0.05, 0.1) is 7.11 Å². The van der Waals surface area contributed by atoms with Gasteiger partial charge in [0, 0.05) is 17.3 Å². The molecule has 0 saturated carbocycles. The zero-order valence-corrected chi connectivity index (χ0v) is 14.8. The van der Waals surface area contributed by atoms with E-state index in [4.69, 9.17) is 17.0 Å². The summed E-state index contributed by atoms with van der Waals surface area (Å²) in [4.78, 5) is 0. The van der Waals surface area contributed by atoms with E-state index >= 15 is 0 Å². The van der Waals surface area contributed by atoms with E-state index in [-0.39, 0.29) is 0 Å². The summed E-state index contributed by atoms with van der Waals surface area (Å²) < 4.78 is 7.37. The van der Waals surface area contributed by atoms with Gasteiger partial charge in [-0.05, 0) is 37.4 Å². The van der Waals surface area contributed by atoms with Gasteiger partial charge in [-0.15, -0.1) is 0 Å². The molecule has 0 bridgehead atoms. The molecule has 0 aliphatic carbocycles. The van der Waals surface area contributed by atoms with Crippen LogP contribution < -0.4 is 4.74 Å². The van der Waals surface area contributed by atoms with Gasteiger partial charge in [-0.25, -0.2) is 5.10 Å². The lowest BCUT2D eigenvalue weighted by atomic mass is 10.1. The summed E-state index contributed by atoms with van der Waals surface area (Å²) >= 11 is 5.27.